The van der Waals surface area contributed by atoms with E-state index in [-0.39, 0.29) is 20.2 Å². The van der Waals surface area contributed by atoms with Crippen LogP contribution in [0.15, 0.2) is 72.8 Å². The number of aryl methyl sites for hydroxylation is 3. The standard InChI is InChI=1S/C31H22F9NP2/c1-16-12-17(2)26(18(3)13-16)41(27-22-10-6-4-8-20(22)21-9-5-7-11-23(21)27)43-42-28-24(30(35,36)37)14-19(29(32,33)34)15-25(28)31(38,39)40/h4-15,27H,1-3H3. The molecule has 0 saturated carbocycles. The second-order valence-corrected chi connectivity index (χ2v) is 12.7. The molecule has 0 N–H and O–H groups in total. The van der Waals surface area contributed by atoms with Crippen LogP contribution in [0.4, 0.5) is 45.2 Å². The van der Waals surface area contributed by atoms with Crippen LogP contribution in [-0.4, -0.2) is 0 Å². The van der Waals surface area contributed by atoms with Crippen LogP contribution in [-0.2, 0) is 18.5 Å². The van der Waals surface area contributed by atoms with E-state index in [9.17, 15) is 39.5 Å². The van der Waals surface area contributed by atoms with E-state index in [0.717, 1.165) is 38.9 Å². The molecule has 0 aromatic heterocycles. The lowest BCUT2D eigenvalue weighted by Gasteiger charge is -2.31. The fraction of sp³-hybridized carbons (Fsp3) is 0.226. The van der Waals surface area contributed by atoms with Crippen molar-refractivity contribution in [3.63, 3.8) is 0 Å². The Bertz CT molecular complexity index is 1630. The van der Waals surface area contributed by atoms with Gasteiger partial charge in [0, 0.05) is 13.3 Å². The minimum Gasteiger partial charge on any atom is -0.308 e. The van der Waals surface area contributed by atoms with Gasteiger partial charge in [-0.3, -0.25) is 0 Å². The Morgan fingerprint density at radius 3 is 1.47 bits per heavy atom. The Hall–Kier alpha value is -3.35. The molecule has 12 heteroatoms. The Labute approximate surface area is 244 Å². The number of nitrogens with zero attached hydrogens (tertiary/aromatic N) is 1. The van der Waals surface area contributed by atoms with Gasteiger partial charge in [-0.05, 0) is 74.2 Å². The van der Waals surface area contributed by atoms with Crippen LogP contribution in [0.2, 0.25) is 0 Å². The second-order valence-electron chi connectivity index (χ2n) is 10.3. The smallest absolute Gasteiger partial charge is 0.308 e. The predicted molar refractivity (Wildman–Crippen MR) is 152 cm³/mol. The molecule has 4 aromatic carbocycles. The number of hydrogen-bond donors (Lipinski definition) is 0. The van der Waals surface area contributed by atoms with E-state index in [1.807, 2.05) is 69.3 Å². The molecule has 0 radical (unpaired) electrons. The van der Waals surface area contributed by atoms with Gasteiger partial charge in [-0.2, -0.15) is 39.5 Å². The summed E-state index contributed by atoms with van der Waals surface area (Å²) < 4.78 is 127. The predicted octanol–water partition coefficient (Wildman–Crippen LogP) is 11.3. The van der Waals surface area contributed by atoms with Crippen LogP contribution in [0.3, 0.4) is 0 Å². The number of alkyl halides is 9. The molecular formula is C31H22F9NP2. The van der Waals surface area contributed by atoms with E-state index in [1.54, 1.807) is 16.8 Å². The van der Waals surface area contributed by atoms with Crippen molar-refractivity contribution >= 4 is 26.9 Å². The third kappa shape index (κ3) is 5.92. The lowest BCUT2D eigenvalue weighted by atomic mass is 10.0. The van der Waals surface area contributed by atoms with Crippen LogP contribution in [0.25, 0.3) is 11.1 Å². The van der Waals surface area contributed by atoms with Crippen molar-refractivity contribution in [1.29, 1.82) is 0 Å². The van der Waals surface area contributed by atoms with Gasteiger partial charge in [0.15, 0.2) is 0 Å². The van der Waals surface area contributed by atoms with Crippen LogP contribution < -0.4 is 9.97 Å². The van der Waals surface area contributed by atoms with Gasteiger partial charge >= 0.3 is 18.5 Å². The first-order valence-electron chi connectivity index (χ1n) is 12.8. The highest BCUT2D eigenvalue weighted by Crippen LogP contribution is 2.53. The zero-order valence-electron chi connectivity index (χ0n) is 22.7. The van der Waals surface area contributed by atoms with Crippen LogP contribution in [0, 0.1) is 20.8 Å². The first kappa shape index (κ1) is 31.1. The summed E-state index contributed by atoms with van der Waals surface area (Å²) in [5.74, 6) is 0. The molecule has 43 heavy (non-hydrogen) atoms. The quantitative estimate of drug-likeness (QED) is 0.158. The number of halogens is 9. The summed E-state index contributed by atoms with van der Waals surface area (Å²) in [5.41, 5.74) is 0.475. The maximum atomic E-state index is 14.1. The van der Waals surface area contributed by atoms with Gasteiger partial charge in [0.1, 0.15) is 0 Å². The molecule has 224 valence electrons. The van der Waals surface area contributed by atoms with Crippen molar-refractivity contribution in [2.24, 2.45) is 0 Å². The molecule has 5 rings (SSSR count). The first-order valence-corrected chi connectivity index (χ1v) is 15.3. The highest BCUT2D eigenvalue weighted by atomic mass is 31.7. The third-order valence-corrected chi connectivity index (χ3v) is 10.0. The number of rotatable bonds is 4. The van der Waals surface area contributed by atoms with Crippen LogP contribution in [0.5, 0.6) is 0 Å². The molecular weight excluding hydrogens is 619 g/mol. The van der Waals surface area contributed by atoms with Crippen LogP contribution >= 0.6 is 15.9 Å². The van der Waals surface area contributed by atoms with Gasteiger partial charge in [0.05, 0.1) is 28.4 Å². The molecule has 0 aliphatic heterocycles. The van der Waals surface area contributed by atoms with Crippen LogP contribution in [0.1, 0.15) is 50.5 Å². The minimum absolute atomic E-state index is 0.0155. The molecule has 1 aliphatic carbocycles. The summed E-state index contributed by atoms with van der Waals surface area (Å²) in [6.45, 7) is 5.49. The summed E-state index contributed by atoms with van der Waals surface area (Å²) in [6.07, 6.45) is -16.3. The van der Waals surface area contributed by atoms with E-state index in [4.69, 9.17) is 0 Å². The Balaban J connectivity index is 1.81. The summed E-state index contributed by atoms with van der Waals surface area (Å²) in [7, 11) is -0.508. The highest BCUT2D eigenvalue weighted by molar-refractivity contribution is 7.88. The van der Waals surface area contributed by atoms with Gasteiger partial charge in [-0.15, -0.1) is 0 Å². The van der Waals surface area contributed by atoms with Crippen molar-refractivity contribution in [3.8, 4) is 11.1 Å². The summed E-state index contributed by atoms with van der Waals surface area (Å²) in [5, 5.41) is -1.26. The third-order valence-electron chi connectivity index (χ3n) is 7.20. The molecule has 1 aliphatic rings. The van der Waals surface area contributed by atoms with E-state index in [0.29, 0.717) is 5.69 Å². The summed E-state index contributed by atoms with van der Waals surface area (Å²) >= 11 is 0. The maximum absolute atomic E-state index is 14.1. The van der Waals surface area contributed by atoms with Crippen molar-refractivity contribution < 1.29 is 39.5 Å². The number of fused-ring (bicyclic) bond motifs is 3. The fourth-order valence-corrected chi connectivity index (χ4v) is 8.91. The number of benzene rings is 4. The average Bonchev–Trinajstić information content (AvgIpc) is 3.22. The summed E-state index contributed by atoms with van der Waals surface area (Å²) in [6, 6.07) is 17.5. The monoisotopic (exact) mass is 641 g/mol. The van der Waals surface area contributed by atoms with E-state index in [2.05, 4.69) is 0 Å². The molecule has 1 nitrogen and oxygen atoms in total. The van der Waals surface area contributed by atoms with Gasteiger partial charge in [-0.25, -0.2) is 0 Å². The molecule has 0 fully saturated rings. The van der Waals surface area contributed by atoms with E-state index >= 15 is 0 Å². The largest absolute Gasteiger partial charge is 0.417 e. The number of hydrogen-bond acceptors (Lipinski definition) is 0. The van der Waals surface area contributed by atoms with Crippen molar-refractivity contribution in [3.05, 3.63) is 117 Å². The molecule has 0 unspecified atom stereocenters. The fourth-order valence-electron chi connectivity index (χ4n) is 5.58. The van der Waals surface area contributed by atoms with Gasteiger partial charge in [0.2, 0.25) is 0 Å². The molecule has 4 aromatic rings. The normalized spacial score (nSPS) is 13.9. The van der Waals surface area contributed by atoms with Crippen molar-refractivity contribution in [2.45, 2.75) is 45.3 Å². The highest BCUT2D eigenvalue weighted by Gasteiger charge is 2.45. The van der Waals surface area contributed by atoms with Crippen molar-refractivity contribution in [2.75, 3.05) is 4.67 Å². The molecule has 0 heterocycles. The van der Waals surface area contributed by atoms with Gasteiger partial charge < -0.3 is 4.67 Å². The Morgan fingerprint density at radius 2 is 1.05 bits per heavy atom. The molecule has 0 atom stereocenters. The zero-order valence-corrected chi connectivity index (χ0v) is 24.5. The Kier molecular flexibility index (Phi) is 7.94. The second kappa shape index (κ2) is 11.0. The topological polar surface area (TPSA) is 3.24 Å². The van der Waals surface area contributed by atoms with Gasteiger partial charge in [0.25, 0.3) is 0 Å². The lowest BCUT2D eigenvalue weighted by molar-refractivity contribution is -0.147. The SMILES string of the molecule is Cc1cc(C)c(N(P=Pc2c(C(F)(F)F)cc(C(F)(F)F)cc2C(F)(F)F)C2c3ccccc3-c3ccccc32)c(C)c1. The molecule has 0 spiro atoms. The summed E-state index contributed by atoms with van der Waals surface area (Å²) in [4.78, 5) is 0. The average molecular weight is 641 g/mol. The maximum Gasteiger partial charge on any atom is 0.417 e. The first-order chi connectivity index (χ1) is 20.0. The van der Waals surface area contributed by atoms with E-state index < -0.39 is 54.4 Å². The number of anilines is 1. The zero-order chi connectivity index (χ0) is 31.5. The molecule has 0 amide bonds. The minimum atomic E-state index is -5.47. The van der Waals surface area contributed by atoms with Gasteiger partial charge in [-0.1, -0.05) is 66.2 Å². The van der Waals surface area contributed by atoms with Crippen molar-refractivity contribution in [1.82, 2.24) is 0 Å². The lowest BCUT2D eigenvalue weighted by Crippen LogP contribution is -2.26. The van der Waals surface area contributed by atoms with E-state index in [1.165, 1.54) is 0 Å². The molecule has 0 bridgehead atoms. The molecule has 0 saturated heterocycles. The Morgan fingerprint density at radius 1 is 0.605 bits per heavy atom.